The zero-order valence-electron chi connectivity index (χ0n) is 7.70. The fourth-order valence-corrected chi connectivity index (χ4v) is 1.56. The van der Waals surface area contributed by atoms with Crippen molar-refractivity contribution in [3.63, 3.8) is 0 Å². The van der Waals surface area contributed by atoms with Crippen LogP contribution in [-0.2, 0) is 11.2 Å². The molecule has 0 atom stereocenters. The molecule has 0 radical (unpaired) electrons. The fourth-order valence-electron chi connectivity index (χ4n) is 1.56. The van der Waals surface area contributed by atoms with E-state index in [1.54, 1.807) is 0 Å². The Labute approximate surface area is 79.0 Å². The minimum atomic E-state index is 0.879. The molecule has 1 heteroatoms. The molecule has 1 aliphatic rings. The summed E-state index contributed by atoms with van der Waals surface area (Å²) in [6.45, 7) is 0.879. The number of benzene rings is 1. The molecule has 1 aromatic rings. The molecule has 0 aromatic heterocycles. The van der Waals surface area contributed by atoms with Crippen LogP contribution in [0.15, 0.2) is 42.2 Å². The largest absolute Gasteiger partial charge is 0.498 e. The third kappa shape index (κ3) is 2.35. The van der Waals surface area contributed by atoms with E-state index < -0.39 is 0 Å². The summed E-state index contributed by atoms with van der Waals surface area (Å²) in [6, 6.07) is 10.5. The van der Waals surface area contributed by atoms with Gasteiger partial charge in [0.15, 0.2) is 0 Å². The topological polar surface area (TPSA) is 9.23 Å². The Hall–Kier alpha value is -1.24. The number of hydrogen-bond donors (Lipinski definition) is 0. The van der Waals surface area contributed by atoms with Crippen molar-refractivity contribution < 1.29 is 4.74 Å². The first-order valence-electron chi connectivity index (χ1n) is 4.81. The fraction of sp³-hybridized carbons (Fsp3) is 0.333. The highest BCUT2D eigenvalue weighted by molar-refractivity contribution is 5.16. The molecule has 1 nitrogen and oxygen atoms in total. The van der Waals surface area contributed by atoms with Crippen LogP contribution >= 0.6 is 0 Å². The van der Waals surface area contributed by atoms with Gasteiger partial charge >= 0.3 is 0 Å². The number of allylic oxidation sites excluding steroid dienone is 1. The summed E-state index contributed by atoms with van der Waals surface area (Å²) in [4.78, 5) is 0. The van der Waals surface area contributed by atoms with Gasteiger partial charge in [0.25, 0.3) is 0 Å². The van der Waals surface area contributed by atoms with E-state index in [0.29, 0.717) is 0 Å². The van der Waals surface area contributed by atoms with Crippen molar-refractivity contribution in [2.45, 2.75) is 19.3 Å². The first kappa shape index (κ1) is 8.36. The SMILES string of the molecule is C1=C(CCc2ccccc2)OCC1. The van der Waals surface area contributed by atoms with E-state index in [1.807, 2.05) is 0 Å². The van der Waals surface area contributed by atoms with Crippen LogP contribution in [0, 0.1) is 0 Å². The van der Waals surface area contributed by atoms with E-state index in [4.69, 9.17) is 4.74 Å². The third-order valence-electron chi connectivity index (χ3n) is 2.28. The van der Waals surface area contributed by atoms with E-state index >= 15 is 0 Å². The van der Waals surface area contributed by atoms with E-state index in [9.17, 15) is 0 Å². The summed E-state index contributed by atoms with van der Waals surface area (Å²) >= 11 is 0. The number of ether oxygens (including phenoxy) is 1. The lowest BCUT2D eigenvalue weighted by molar-refractivity contribution is 0.234. The molecule has 2 rings (SSSR count). The molecule has 1 aliphatic heterocycles. The number of rotatable bonds is 3. The van der Waals surface area contributed by atoms with Gasteiger partial charge in [0, 0.05) is 12.8 Å². The molecule has 0 spiro atoms. The van der Waals surface area contributed by atoms with Crippen molar-refractivity contribution in [2.75, 3.05) is 6.61 Å². The van der Waals surface area contributed by atoms with Gasteiger partial charge in [-0.1, -0.05) is 30.3 Å². The van der Waals surface area contributed by atoms with Crippen molar-refractivity contribution in [3.05, 3.63) is 47.7 Å². The molecule has 0 bridgehead atoms. The summed E-state index contributed by atoms with van der Waals surface area (Å²) in [5.74, 6) is 1.17. The quantitative estimate of drug-likeness (QED) is 0.684. The van der Waals surface area contributed by atoms with Crippen LogP contribution in [0.3, 0.4) is 0 Å². The molecule has 13 heavy (non-hydrogen) atoms. The van der Waals surface area contributed by atoms with Crippen LogP contribution in [0.2, 0.25) is 0 Å². The van der Waals surface area contributed by atoms with Crippen molar-refractivity contribution in [1.82, 2.24) is 0 Å². The lowest BCUT2D eigenvalue weighted by atomic mass is 10.1. The standard InChI is InChI=1S/C12H14O/c1-2-5-11(6-3-1)8-9-12-7-4-10-13-12/h1-3,5-7H,4,8-10H2. The maximum atomic E-state index is 5.44. The summed E-state index contributed by atoms with van der Waals surface area (Å²) in [5, 5.41) is 0. The molecular formula is C12H14O. The average molecular weight is 174 g/mol. The van der Waals surface area contributed by atoms with Gasteiger partial charge in [-0.3, -0.25) is 0 Å². The summed E-state index contributed by atoms with van der Waals surface area (Å²) in [6.07, 6.45) is 5.42. The Morgan fingerprint density at radius 3 is 2.62 bits per heavy atom. The Bertz CT molecular complexity index is 287. The molecule has 0 fully saturated rings. The molecule has 0 saturated carbocycles. The lowest BCUT2D eigenvalue weighted by Crippen LogP contribution is -1.89. The predicted molar refractivity (Wildman–Crippen MR) is 53.4 cm³/mol. The maximum absolute atomic E-state index is 5.44. The second-order valence-electron chi connectivity index (χ2n) is 3.29. The zero-order chi connectivity index (χ0) is 8.93. The van der Waals surface area contributed by atoms with Gasteiger partial charge in [-0.05, 0) is 18.1 Å². The van der Waals surface area contributed by atoms with Crippen molar-refractivity contribution in [3.8, 4) is 0 Å². The molecule has 0 aliphatic carbocycles. The first-order chi connectivity index (χ1) is 6.45. The van der Waals surface area contributed by atoms with E-state index in [2.05, 4.69) is 36.4 Å². The maximum Gasteiger partial charge on any atom is 0.0924 e. The highest BCUT2D eigenvalue weighted by Crippen LogP contribution is 2.15. The monoisotopic (exact) mass is 174 g/mol. The normalized spacial score (nSPS) is 15.2. The van der Waals surface area contributed by atoms with E-state index in [-0.39, 0.29) is 0 Å². The van der Waals surface area contributed by atoms with E-state index in [1.165, 1.54) is 11.3 Å². The Morgan fingerprint density at radius 1 is 1.08 bits per heavy atom. The molecule has 68 valence electrons. The Kier molecular flexibility index (Phi) is 2.65. The molecule has 1 heterocycles. The third-order valence-corrected chi connectivity index (χ3v) is 2.28. The van der Waals surface area contributed by atoms with Gasteiger partial charge in [0.2, 0.25) is 0 Å². The second kappa shape index (κ2) is 4.13. The van der Waals surface area contributed by atoms with Gasteiger partial charge in [0.1, 0.15) is 0 Å². The van der Waals surface area contributed by atoms with Crippen molar-refractivity contribution in [1.29, 1.82) is 0 Å². The minimum absolute atomic E-state index is 0.879. The van der Waals surface area contributed by atoms with Crippen molar-refractivity contribution >= 4 is 0 Å². The van der Waals surface area contributed by atoms with Crippen LogP contribution < -0.4 is 0 Å². The minimum Gasteiger partial charge on any atom is -0.498 e. The summed E-state index contributed by atoms with van der Waals surface area (Å²) in [5.41, 5.74) is 1.39. The molecule has 0 N–H and O–H groups in total. The lowest BCUT2D eigenvalue weighted by Gasteiger charge is -2.03. The molecule has 0 saturated heterocycles. The summed E-state index contributed by atoms with van der Waals surface area (Å²) in [7, 11) is 0. The van der Waals surface area contributed by atoms with Gasteiger partial charge in [-0.2, -0.15) is 0 Å². The van der Waals surface area contributed by atoms with Crippen LogP contribution in [-0.4, -0.2) is 6.61 Å². The summed E-state index contributed by atoms with van der Waals surface area (Å²) < 4.78 is 5.44. The van der Waals surface area contributed by atoms with Gasteiger partial charge < -0.3 is 4.74 Å². The van der Waals surface area contributed by atoms with Crippen LogP contribution in [0.4, 0.5) is 0 Å². The second-order valence-corrected chi connectivity index (χ2v) is 3.29. The number of hydrogen-bond acceptors (Lipinski definition) is 1. The molecule has 0 amide bonds. The highest BCUT2D eigenvalue weighted by Gasteiger charge is 2.04. The van der Waals surface area contributed by atoms with Crippen LogP contribution in [0.5, 0.6) is 0 Å². The predicted octanol–water partition coefficient (Wildman–Crippen LogP) is 2.92. The smallest absolute Gasteiger partial charge is 0.0924 e. The number of aryl methyl sites for hydroxylation is 1. The highest BCUT2D eigenvalue weighted by atomic mass is 16.5. The van der Waals surface area contributed by atoms with Gasteiger partial charge in [0.05, 0.1) is 12.4 Å². The average Bonchev–Trinajstić information content (AvgIpc) is 2.69. The Morgan fingerprint density at radius 2 is 1.92 bits per heavy atom. The van der Waals surface area contributed by atoms with Gasteiger partial charge in [-0.15, -0.1) is 0 Å². The van der Waals surface area contributed by atoms with Crippen LogP contribution in [0.25, 0.3) is 0 Å². The van der Waals surface area contributed by atoms with Crippen LogP contribution in [0.1, 0.15) is 18.4 Å². The molecule has 0 unspecified atom stereocenters. The van der Waals surface area contributed by atoms with Gasteiger partial charge in [-0.25, -0.2) is 0 Å². The zero-order valence-corrected chi connectivity index (χ0v) is 7.70. The molecule has 1 aromatic carbocycles. The van der Waals surface area contributed by atoms with Crippen molar-refractivity contribution in [2.24, 2.45) is 0 Å². The first-order valence-corrected chi connectivity index (χ1v) is 4.81. The molecular weight excluding hydrogens is 160 g/mol. The van der Waals surface area contributed by atoms with E-state index in [0.717, 1.165) is 25.9 Å². The Balaban J connectivity index is 1.86.